The summed E-state index contributed by atoms with van der Waals surface area (Å²) in [5.74, 6) is 3.19. The van der Waals surface area contributed by atoms with Gasteiger partial charge in [0.15, 0.2) is 11.5 Å². The largest absolute Gasteiger partial charge is 0.497 e. The minimum atomic E-state index is 0.476. The molecule has 0 bridgehead atoms. The van der Waals surface area contributed by atoms with Crippen molar-refractivity contribution in [3.8, 4) is 17.2 Å². The Morgan fingerprint density at radius 1 is 0.769 bits per heavy atom. The summed E-state index contributed by atoms with van der Waals surface area (Å²) >= 11 is 0. The molecular weight excluding hydrogens is 332 g/mol. The fourth-order valence-electron chi connectivity index (χ4n) is 2.38. The molecule has 26 heavy (non-hydrogen) atoms. The minimum Gasteiger partial charge on any atom is -0.497 e. The average molecular weight is 352 g/mol. The maximum absolute atomic E-state index is 5.32. The van der Waals surface area contributed by atoms with E-state index >= 15 is 0 Å². The number of nitrogens with one attached hydrogen (secondary N) is 2. The molecule has 3 aromatic rings. The molecule has 0 unspecified atom stereocenters. The van der Waals surface area contributed by atoms with Gasteiger partial charge in [0.05, 0.1) is 21.3 Å². The lowest BCUT2D eigenvalue weighted by atomic mass is 10.2. The van der Waals surface area contributed by atoms with Gasteiger partial charge in [0.1, 0.15) is 11.6 Å². The predicted molar refractivity (Wildman–Crippen MR) is 101 cm³/mol. The first-order valence-corrected chi connectivity index (χ1v) is 7.95. The first-order chi connectivity index (χ1) is 12.7. The van der Waals surface area contributed by atoms with Crippen molar-refractivity contribution in [3.63, 3.8) is 0 Å². The van der Waals surface area contributed by atoms with Gasteiger partial charge in [-0.3, -0.25) is 0 Å². The number of nitrogens with zero attached hydrogens (tertiary/aromatic N) is 2. The van der Waals surface area contributed by atoms with Gasteiger partial charge in [-0.1, -0.05) is 6.07 Å². The lowest BCUT2D eigenvalue weighted by Gasteiger charge is -2.12. The van der Waals surface area contributed by atoms with Crippen molar-refractivity contribution in [3.05, 3.63) is 54.7 Å². The van der Waals surface area contributed by atoms with Crippen LogP contribution in [0.25, 0.3) is 0 Å². The Kier molecular flexibility index (Phi) is 5.38. The summed E-state index contributed by atoms with van der Waals surface area (Å²) in [6.07, 6.45) is 1.68. The van der Waals surface area contributed by atoms with Crippen molar-refractivity contribution < 1.29 is 14.2 Å². The highest BCUT2D eigenvalue weighted by Crippen LogP contribution is 2.31. The summed E-state index contributed by atoms with van der Waals surface area (Å²) in [5, 5.41) is 6.39. The molecule has 0 amide bonds. The van der Waals surface area contributed by atoms with Crippen LogP contribution in [-0.4, -0.2) is 31.3 Å². The standard InChI is InChI=1S/C19H20N4O3/c1-24-15-6-4-5-13(11-15)22-19-20-10-9-18(23-19)21-14-7-8-16(25-2)17(12-14)26-3/h4-12H,1-3H3,(H2,20,21,22,23). The van der Waals surface area contributed by atoms with Crippen LogP contribution in [0.15, 0.2) is 54.7 Å². The highest BCUT2D eigenvalue weighted by Gasteiger charge is 2.06. The van der Waals surface area contributed by atoms with Crippen molar-refractivity contribution in [1.82, 2.24) is 9.97 Å². The van der Waals surface area contributed by atoms with Crippen molar-refractivity contribution >= 4 is 23.1 Å². The number of hydrogen-bond acceptors (Lipinski definition) is 7. The maximum Gasteiger partial charge on any atom is 0.229 e. The van der Waals surface area contributed by atoms with Crippen molar-refractivity contribution in [1.29, 1.82) is 0 Å². The van der Waals surface area contributed by atoms with E-state index in [9.17, 15) is 0 Å². The summed E-state index contributed by atoms with van der Waals surface area (Å²) in [5.41, 5.74) is 1.67. The summed E-state index contributed by atoms with van der Waals surface area (Å²) in [7, 11) is 4.83. The molecule has 0 spiro atoms. The lowest BCUT2D eigenvalue weighted by molar-refractivity contribution is 0.355. The zero-order valence-corrected chi connectivity index (χ0v) is 14.8. The Balaban J connectivity index is 1.77. The smallest absolute Gasteiger partial charge is 0.229 e. The third-order valence-electron chi connectivity index (χ3n) is 3.64. The molecule has 0 aliphatic heterocycles. The van der Waals surface area contributed by atoms with Gasteiger partial charge in [0, 0.05) is 29.7 Å². The molecule has 7 heteroatoms. The normalized spacial score (nSPS) is 10.1. The summed E-state index contributed by atoms with van der Waals surface area (Å²) < 4.78 is 15.8. The third kappa shape index (κ3) is 4.13. The Morgan fingerprint density at radius 3 is 2.35 bits per heavy atom. The van der Waals surface area contributed by atoms with Gasteiger partial charge in [-0.2, -0.15) is 4.98 Å². The maximum atomic E-state index is 5.32. The van der Waals surface area contributed by atoms with Crippen LogP contribution in [-0.2, 0) is 0 Å². The van der Waals surface area contributed by atoms with E-state index in [0.29, 0.717) is 23.3 Å². The number of rotatable bonds is 7. The SMILES string of the molecule is COc1cccc(Nc2nccc(Nc3ccc(OC)c(OC)c3)n2)c1. The molecule has 7 nitrogen and oxygen atoms in total. The Labute approximate surface area is 152 Å². The highest BCUT2D eigenvalue weighted by atomic mass is 16.5. The van der Waals surface area contributed by atoms with E-state index in [0.717, 1.165) is 17.1 Å². The average Bonchev–Trinajstić information content (AvgIpc) is 2.68. The first-order valence-electron chi connectivity index (χ1n) is 7.95. The van der Waals surface area contributed by atoms with Gasteiger partial charge < -0.3 is 24.8 Å². The second-order valence-corrected chi connectivity index (χ2v) is 5.32. The monoisotopic (exact) mass is 352 g/mol. The molecule has 0 saturated heterocycles. The second-order valence-electron chi connectivity index (χ2n) is 5.32. The van der Waals surface area contributed by atoms with Gasteiger partial charge >= 0.3 is 0 Å². The van der Waals surface area contributed by atoms with E-state index < -0.39 is 0 Å². The zero-order chi connectivity index (χ0) is 18.4. The summed E-state index contributed by atoms with van der Waals surface area (Å²) in [4.78, 5) is 8.72. The van der Waals surface area contributed by atoms with Crippen LogP contribution in [0.4, 0.5) is 23.1 Å². The molecular formula is C19H20N4O3. The molecule has 1 heterocycles. The van der Waals surface area contributed by atoms with Crippen LogP contribution < -0.4 is 24.8 Å². The van der Waals surface area contributed by atoms with Gasteiger partial charge in [-0.25, -0.2) is 4.98 Å². The van der Waals surface area contributed by atoms with Gasteiger partial charge in [0.2, 0.25) is 5.95 Å². The molecule has 1 aromatic heterocycles. The fourth-order valence-corrected chi connectivity index (χ4v) is 2.38. The predicted octanol–water partition coefficient (Wildman–Crippen LogP) is 3.99. The zero-order valence-electron chi connectivity index (χ0n) is 14.8. The number of anilines is 4. The van der Waals surface area contributed by atoms with Gasteiger partial charge in [-0.15, -0.1) is 0 Å². The lowest BCUT2D eigenvalue weighted by Crippen LogP contribution is -2.01. The molecule has 0 radical (unpaired) electrons. The van der Waals surface area contributed by atoms with E-state index in [4.69, 9.17) is 14.2 Å². The Hall–Kier alpha value is -3.48. The topological polar surface area (TPSA) is 77.5 Å². The van der Waals surface area contributed by atoms with E-state index in [1.165, 1.54) is 0 Å². The van der Waals surface area contributed by atoms with Crippen molar-refractivity contribution in [2.75, 3.05) is 32.0 Å². The molecule has 0 fully saturated rings. The van der Waals surface area contributed by atoms with Crippen molar-refractivity contribution in [2.45, 2.75) is 0 Å². The van der Waals surface area contributed by atoms with Crippen LogP contribution in [0, 0.1) is 0 Å². The van der Waals surface area contributed by atoms with Gasteiger partial charge in [0.25, 0.3) is 0 Å². The number of ether oxygens (including phenoxy) is 3. The third-order valence-corrected chi connectivity index (χ3v) is 3.64. The fraction of sp³-hybridized carbons (Fsp3) is 0.158. The van der Waals surface area contributed by atoms with E-state index in [-0.39, 0.29) is 0 Å². The van der Waals surface area contributed by atoms with Crippen LogP contribution in [0.1, 0.15) is 0 Å². The molecule has 0 aliphatic carbocycles. The Bertz CT molecular complexity index is 886. The molecule has 2 aromatic carbocycles. The van der Waals surface area contributed by atoms with Crippen molar-refractivity contribution in [2.24, 2.45) is 0 Å². The molecule has 0 atom stereocenters. The van der Waals surface area contributed by atoms with Crippen LogP contribution in [0.3, 0.4) is 0 Å². The van der Waals surface area contributed by atoms with Crippen LogP contribution in [0.5, 0.6) is 17.2 Å². The quantitative estimate of drug-likeness (QED) is 0.666. The molecule has 0 saturated carbocycles. The molecule has 0 aliphatic rings. The number of hydrogen-bond donors (Lipinski definition) is 2. The summed E-state index contributed by atoms with van der Waals surface area (Å²) in [6.45, 7) is 0. The Morgan fingerprint density at radius 2 is 1.58 bits per heavy atom. The second kappa shape index (κ2) is 8.06. The van der Waals surface area contributed by atoms with E-state index in [1.807, 2.05) is 42.5 Å². The van der Waals surface area contributed by atoms with Crippen LogP contribution in [0.2, 0.25) is 0 Å². The van der Waals surface area contributed by atoms with E-state index in [1.54, 1.807) is 33.6 Å². The molecule has 134 valence electrons. The molecule has 2 N–H and O–H groups in total. The number of aromatic nitrogens is 2. The van der Waals surface area contributed by atoms with Gasteiger partial charge in [-0.05, 0) is 30.3 Å². The van der Waals surface area contributed by atoms with E-state index in [2.05, 4.69) is 20.6 Å². The van der Waals surface area contributed by atoms with Crippen LogP contribution >= 0.6 is 0 Å². The minimum absolute atomic E-state index is 0.476. The molecule has 3 rings (SSSR count). The highest BCUT2D eigenvalue weighted by molar-refractivity contribution is 5.63. The number of methoxy groups -OCH3 is 3. The first kappa shape index (κ1) is 17.3. The summed E-state index contributed by atoms with van der Waals surface area (Å²) in [6, 6.07) is 14.9. The number of benzene rings is 2.